The van der Waals surface area contributed by atoms with Crippen molar-refractivity contribution < 1.29 is 9.53 Å². The van der Waals surface area contributed by atoms with Gasteiger partial charge in [-0.25, -0.2) is 15.6 Å². The predicted octanol–water partition coefficient (Wildman–Crippen LogP) is -0.582. The van der Waals surface area contributed by atoms with Crippen molar-refractivity contribution in [3.63, 3.8) is 0 Å². The minimum atomic E-state index is -0.489. The molecule has 1 amide bonds. The topological polar surface area (TPSA) is 93.6 Å². The summed E-state index contributed by atoms with van der Waals surface area (Å²) in [5, 5.41) is 0.912. The highest BCUT2D eigenvalue weighted by atomic mass is 16.6. The van der Waals surface area contributed by atoms with E-state index in [9.17, 15) is 4.79 Å². The number of hydrazine groups is 2. The van der Waals surface area contributed by atoms with E-state index in [1.54, 1.807) is 7.05 Å². The first kappa shape index (κ1) is 13.7. The molecule has 74 valence electrons. The molecular formula is C6H18N4O2. The van der Waals surface area contributed by atoms with Crippen molar-refractivity contribution in [2.45, 2.75) is 13.3 Å². The van der Waals surface area contributed by atoms with Gasteiger partial charge in [-0.2, -0.15) is 0 Å². The molecule has 0 aromatic rings. The zero-order valence-corrected chi connectivity index (χ0v) is 7.83. The number of rotatable bonds is 2. The smallest absolute Gasteiger partial charge is 0.423 e. The Labute approximate surface area is 72.8 Å². The average molecular weight is 178 g/mol. The van der Waals surface area contributed by atoms with E-state index in [-0.39, 0.29) is 0 Å². The molecule has 0 saturated heterocycles. The van der Waals surface area contributed by atoms with Crippen LogP contribution in [0.15, 0.2) is 0 Å². The molecule has 0 aliphatic heterocycles. The van der Waals surface area contributed by atoms with Gasteiger partial charge >= 0.3 is 6.09 Å². The van der Waals surface area contributed by atoms with Gasteiger partial charge in [0.1, 0.15) is 0 Å². The molecule has 0 heterocycles. The molecule has 12 heavy (non-hydrogen) atoms. The van der Waals surface area contributed by atoms with Crippen LogP contribution >= 0.6 is 0 Å². The first-order valence-electron chi connectivity index (χ1n) is 3.62. The predicted molar refractivity (Wildman–Crippen MR) is 46.8 cm³/mol. The summed E-state index contributed by atoms with van der Waals surface area (Å²) in [6, 6.07) is 0. The lowest BCUT2D eigenvalue weighted by atomic mass is 10.5. The Bertz CT molecular complexity index is 108. The van der Waals surface area contributed by atoms with E-state index in [4.69, 9.17) is 5.84 Å². The normalized spacial score (nSPS) is 8.08. The number of nitrogens with two attached hydrogens (primary N) is 2. The summed E-state index contributed by atoms with van der Waals surface area (Å²) < 4.78 is 4.61. The molecule has 0 aliphatic carbocycles. The lowest BCUT2D eigenvalue weighted by molar-refractivity contribution is 0.111. The summed E-state index contributed by atoms with van der Waals surface area (Å²) in [4.78, 5) is 10.5. The Morgan fingerprint density at radius 2 is 2.08 bits per heavy atom. The van der Waals surface area contributed by atoms with E-state index >= 15 is 0 Å². The number of carbonyl (C=O) groups excluding carboxylic acids is 1. The third-order valence-corrected chi connectivity index (χ3v) is 0.718. The monoisotopic (exact) mass is 178 g/mol. The van der Waals surface area contributed by atoms with Crippen LogP contribution in [0.3, 0.4) is 0 Å². The van der Waals surface area contributed by atoms with Gasteiger partial charge in [0.15, 0.2) is 0 Å². The van der Waals surface area contributed by atoms with Crippen LogP contribution in [0.2, 0.25) is 0 Å². The average Bonchev–Trinajstić information content (AvgIpc) is 2.01. The fourth-order valence-electron chi connectivity index (χ4n) is 0.291. The van der Waals surface area contributed by atoms with E-state index < -0.39 is 6.09 Å². The summed E-state index contributed by atoms with van der Waals surface area (Å²) in [6.45, 7) is 2.35. The highest BCUT2D eigenvalue weighted by Gasteiger charge is 2.01. The summed E-state index contributed by atoms with van der Waals surface area (Å²) in [5.74, 6) is 9.63. The number of hydrogen-bond donors (Lipinski definition) is 3. The zero-order valence-electron chi connectivity index (χ0n) is 7.83. The van der Waals surface area contributed by atoms with Gasteiger partial charge in [0.25, 0.3) is 0 Å². The molecule has 0 radical (unpaired) electrons. The maximum absolute atomic E-state index is 10.5. The number of ether oxygens (including phenoxy) is 1. The minimum absolute atomic E-state index is 0.431. The number of nitrogens with one attached hydrogen (secondary N) is 1. The van der Waals surface area contributed by atoms with Gasteiger partial charge in [0.2, 0.25) is 0 Å². The van der Waals surface area contributed by atoms with Crippen molar-refractivity contribution in [3.8, 4) is 0 Å². The van der Waals surface area contributed by atoms with E-state index in [0.29, 0.717) is 6.61 Å². The molecule has 0 bridgehead atoms. The van der Waals surface area contributed by atoms with Gasteiger partial charge in [-0.05, 0) is 13.5 Å². The van der Waals surface area contributed by atoms with Gasteiger partial charge < -0.3 is 4.74 Å². The van der Waals surface area contributed by atoms with Crippen LogP contribution in [0.1, 0.15) is 13.3 Å². The lowest BCUT2D eigenvalue weighted by Gasteiger charge is -2.08. The second-order valence-corrected chi connectivity index (χ2v) is 2.01. The molecule has 6 nitrogen and oxygen atoms in total. The Hall–Kier alpha value is -0.850. The largest absolute Gasteiger partial charge is 0.448 e. The molecule has 0 atom stereocenters. The van der Waals surface area contributed by atoms with E-state index in [1.165, 1.54) is 7.05 Å². The maximum atomic E-state index is 10.5. The standard InChI is InChI=1S/C5H12N2O2.CH6N2/c1-3-4-9-5(8)7(2)6;1-3-2/h3-4,6H2,1-2H3;3H,2H2,1H3. The molecule has 0 aromatic heterocycles. The quantitative estimate of drug-likeness (QED) is 0.299. The van der Waals surface area contributed by atoms with Gasteiger partial charge in [0, 0.05) is 7.05 Å². The highest BCUT2D eigenvalue weighted by molar-refractivity contribution is 5.66. The van der Waals surface area contributed by atoms with Crippen molar-refractivity contribution in [2.24, 2.45) is 11.7 Å². The lowest BCUT2D eigenvalue weighted by Crippen LogP contribution is -2.33. The summed E-state index contributed by atoms with van der Waals surface area (Å²) in [5.41, 5.74) is 2.25. The number of hydrogen-bond acceptors (Lipinski definition) is 5. The SMILES string of the molecule is CCCOC(=O)N(C)N.CNN. The Morgan fingerprint density at radius 3 is 2.33 bits per heavy atom. The fraction of sp³-hybridized carbons (Fsp3) is 0.833. The Morgan fingerprint density at radius 1 is 1.67 bits per heavy atom. The fourth-order valence-corrected chi connectivity index (χ4v) is 0.291. The van der Waals surface area contributed by atoms with Crippen LogP contribution in [0.25, 0.3) is 0 Å². The van der Waals surface area contributed by atoms with E-state index in [1.807, 2.05) is 6.92 Å². The van der Waals surface area contributed by atoms with Gasteiger partial charge in [0.05, 0.1) is 6.61 Å². The maximum Gasteiger partial charge on any atom is 0.423 e. The molecule has 0 aliphatic rings. The van der Waals surface area contributed by atoms with Crippen LogP contribution in [-0.2, 0) is 4.74 Å². The minimum Gasteiger partial charge on any atom is -0.448 e. The van der Waals surface area contributed by atoms with Crippen LogP contribution < -0.4 is 17.1 Å². The third kappa shape index (κ3) is 11.9. The highest BCUT2D eigenvalue weighted by Crippen LogP contribution is 1.84. The number of amides is 1. The molecular weight excluding hydrogens is 160 g/mol. The molecule has 6 heteroatoms. The van der Waals surface area contributed by atoms with Crippen molar-refractivity contribution in [1.29, 1.82) is 0 Å². The summed E-state index contributed by atoms with van der Waals surface area (Å²) in [6.07, 6.45) is 0.330. The van der Waals surface area contributed by atoms with Crippen molar-refractivity contribution in [3.05, 3.63) is 0 Å². The first-order valence-corrected chi connectivity index (χ1v) is 3.62. The van der Waals surface area contributed by atoms with Crippen molar-refractivity contribution in [1.82, 2.24) is 10.4 Å². The van der Waals surface area contributed by atoms with Crippen molar-refractivity contribution >= 4 is 6.09 Å². The molecule has 0 saturated carbocycles. The third-order valence-electron chi connectivity index (χ3n) is 0.718. The second-order valence-electron chi connectivity index (χ2n) is 2.01. The zero-order chi connectivity index (χ0) is 9.98. The van der Waals surface area contributed by atoms with Gasteiger partial charge in [-0.3, -0.25) is 11.3 Å². The number of nitrogens with zero attached hydrogens (tertiary/aromatic N) is 1. The van der Waals surface area contributed by atoms with E-state index in [2.05, 4.69) is 16.0 Å². The molecule has 0 aromatic carbocycles. The van der Waals surface area contributed by atoms with Crippen molar-refractivity contribution in [2.75, 3.05) is 20.7 Å². The Balaban J connectivity index is 0. The molecule has 0 spiro atoms. The summed E-state index contributed by atoms with van der Waals surface area (Å²) in [7, 11) is 3.10. The van der Waals surface area contributed by atoms with E-state index in [0.717, 1.165) is 11.4 Å². The first-order chi connectivity index (χ1) is 5.59. The van der Waals surface area contributed by atoms with Crippen LogP contribution in [0.4, 0.5) is 4.79 Å². The van der Waals surface area contributed by atoms with Crippen LogP contribution in [-0.4, -0.2) is 31.8 Å². The Kier molecular flexibility index (Phi) is 11.6. The summed E-state index contributed by atoms with van der Waals surface area (Å²) >= 11 is 0. The van der Waals surface area contributed by atoms with Crippen LogP contribution in [0.5, 0.6) is 0 Å². The van der Waals surface area contributed by atoms with Crippen LogP contribution in [0, 0.1) is 0 Å². The molecule has 5 N–H and O–H groups in total. The van der Waals surface area contributed by atoms with Gasteiger partial charge in [-0.15, -0.1) is 0 Å². The number of carbonyl (C=O) groups is 1. The van der Waals surface area contributed by atoms with Gasteiger partial charge in [-0.1, -0.05) is 6.92 Å². The molecule has 0 fully saturated rings. The second kappa shape index (κ2) is 10.2. The molecule has 0 rings (SSSR count). The molecule has 0 unspecified atom stereocenters.